The first-order chi connectivity index (χ1) is 4.30. The van der Waals surface area contributed by atoms with Gasteiger partial charge in [-0.05, 0) is 24.7 Å². The zero-order valence-corrected chi connectivity index (χ0v) is 6.43. The first-order valence-electron chi connectivity index (χ1n) is 3.94. The van der Waals surface area contributed by atoms with Crippen LogP contribution in [0.3, 0.4) is 0 Å². The van der Waals surface area contributed by atoms with Crippen molar-refractivity contribution in [3.8, 4) is 0 Å². The highest BCUT2D eigenvalue weighted by Gasteiger charge is 2.16. The van der Waals surface area contributed by atoms with E-state index >= 15 is 0 Å². The first-order valence-corrected chi connectivity index (χ1v) is 3.94. The Morgan fingerprint density at radius 2 is 2.22 bits per heavy atom. The summed E-state index contributed by atoms with van der Waals surface area (Å²) in [5.41, 5.74) is 0. The molecular formula is C8H16N. The van der Waals surface area contributed by atoms with Crippen molar-refractivity contribution in [2.24, 2.45) is 11.8 Å². The molecule has 1 rings (SSSR count). The van der Waals surface area contributed by atoms with Crippen LogP contribution in [-0.2, 0) is 0 Å². The largest absolute Gasteiger partial charge is 0.241 e. The summed E-state index contributed by atoms with van der Waals surface area (Å²) in [6.45, 7) is 6.83. The predicted octanol–water partition coefficient (Wildman–Crippen LogP) is 1.66. The molecule has 1 heteroatoms. The van der Waals surface area contributed by atoms with Gasteiger partial charge in [-0.2, -0.15) is 0 Å². The van der Waals surface area contributed by atoms with E-state index in [2.05, 4.69) is 19.2 Å². The maximum Gasteiger partial charge on any atom is 0.0164 e. The molecule has 9 heavy (non-hydrogen) atoms. The number of hydrogen-bond donors (Lipinski definition) is 0. The van der Waals surface area contributed by atoms with Crippen LogP contribution >= 0.6 is 0 Å². The van der Waals surface area contributed by atoms with Gasteiger partial charge in [0.15, 0.2) is 0 Å². The highest BCUT2D eigenvalue weighted by atomic mass is 14.9. The molecule has 1 atom stereocenters. The molecular weight excluding hydrogens is 110 g/mol. The van der Waals surface area contributed by atoms with Crippen molar-refractivity contribution in [1.29, 1.82) is 0 Å². The molecule has 0 spiro atoms. The fourth-order valence-electron chi connectivity index (χ4n) is 1.36. The monoisotopic (exact) mass is 126 g/mol. The van der Waals surface area contributed by atoms with Gasteiger partial charge in [-0.15, -0.1) is 0 Å². The van der Waals surface area contributed by atoms with Gasteiger partial charge in [-0.25, -0.2) is 5.32 Å². The van der Waals surface area contributed by atoms with Crippen LogP contribution in [0.1, 0.15) is 26.7 Å². The van der Waals surface area contributed by atoms with Crippen molar-refractivity contribution in [3.63, 3.8) is 0 Å². The highest BCUT2D eigenvalue weighted by Crippen LogP contribution is 2.18. The van der Waals surface area contributed by atoms with Crippen LogP contribution in [0.15, 0.2) is 0 Å². The third kappa shape index (κ3) is 1.98. The van der Waals surface area contributed by atoms with Gasteiger partial charge < -0.3 is 0 Å². The van der Waals surface area contributed by atoms with Crippen LogP contribution in [0, 0.1) is 11.8 Å². The molecule has 1 fully saturated rings. The summed E-state index contributed by atoms with van der Waals surface area (Å²) < 4.78 is 0. The second-order valence-corrected chi connectivity index (χ2v) is 3.28. The molecule has 0 amide bonds. The summed E-state index contributed by atoms with van der Waals surface area (Å²) >= 11 is 0. The molecule has 1 aliphatic rings. The van der Waals surface area contributed by atoms with Crippen LogP contribution in [0.5, 0.6) is 0 Å². The lowest BCUT2D eigenvalue weighted by Gasteiger charge is -2.24. The summed E-state index contributed by atoms with van der Waals surface area (Å²) in [4.78, 5) is 0. The van der Waals surface area contributed by atoms with Gasteiger partial charge in [0.25, 0.3) is 0 Å². The second-order valence-electron chi connectivity index (χ2n) is 3.28. The van der Waals surface area contributed by atoms with Crippen LogP contribution in [0.4, 0.5) is 0 Å². The van der Waals surface area contributed by atoms with Gasteiger partial charge in [0.1, 0.15) is 0 Å². The molecule has 1 heterocycles. The Balaban J connectivity index is 2.23. The lowest BCUT2D eigenvalue weighted by Crippen LogP contribution is -2.27. The smallest absolute Gasteiger partial charge is 0.0164 e. The molecule has 53 valence electrons. The quantitative estimate of drug-likeness (QED) is 0.507. The number of rotatable bonds is 1. The Bertz CT molecular complexity index is 72.6. The molecule has 0 bridgehead atoms. The minimum Gasteiger partial charge on any atom is -0.241 e. The Hall–Kier alpha value is -0.0400. The third-order valence-electron chi connectivity index (χ3n) is 2.20. The molecule has 1 nitrogen and oxygen atoms in total. The Morgan fingerprint density at radius 3 is 2.56 bits per heavy atom. The van der Waals surface area contributed by atoms with E-state index in [1.54, 1.807) is 0 Å². The van der Waals surface area contributed by atoms with Gasteiger partial charge in [0.2, 0.25) is 0 Å². The predicted molar refractivity (Wildman–Crippen MR) is 39.4 cm³/mol. The van der Waals surface area contributed by atoms with E-state index in [1.165, 1.54) is 12.8 Å². The molecule has 0 aromatic rings. The van der Waals surface area contributed by atoms with Gasteiger partial charge in [0.05, 0.1) is 0 Å². The maximum atomic E-state index is 4.38. The summed E-state index contributed by atoms with van der Waals surface area (Å²) in [5.74, 6) is 1.73. The van der Waals surface area contributed by atoms with E-state index in [4.69, 9.17) is 0 Å². The van der Waals surface area contributed by atoms with Gasteiger partial charge in [0, 0.05) is 13.1 Å². The highest BCUT2D eigenvalue weighted by molar-refractivity contribution is 4.70. The van der Waals surface area contributed by atoms with Gasteiger partial charge in [-0.1, -0.05) is 13.8 Å². The normalized spacial score (nSPS) is 29.0. The second kappa shape index (κ2) is 3.21. The average Bonchev–Trinajstić information content (AvgIpc) is 1.90. The van der Waals surface area contributed by atoms with E-state index in [0.29, 0.717) is 0 Å². The van der Waals surface area contributed by atoms with Crippen molar-refractivity contribution in [2.75, 3.05) is 13.1 Å². The zero-order chi connectivity index (χ0) is 6.69. The van der Waals surface area contributed by atoms with E-state index in [9.17, 15) is 0 Å². The van der Waals surface area contributed by atoms with Crippen LogP contribution in [0.2, 0.25) is 0 Å². The zero-order valence-electron chi connectivity index (χ0n) is 6.43. The molecule has 1 unspecified atom stereocenters. The molecule has 0 aromatic heterocycles. The summed E-state index contributed by atoms with van der Waals surface area (Å²) in [6, 6.07) is 0. The standard InChI is InChI=1S/C8H16N/c1-7(2)8-4-3-5-9-6-8/h7-8H,3-6H2,1-2H3. The Labute approximate surface area is 57.8 Å². The lowest BCUT2D eigenvalue weighted by atomic mass is 9.89. The van der Waals surface area contributed by atoms with Gasteiger partial charge >= 0.3 is 0 Å². The van der Waals surface area contributed by atoms with Gasteiger partial charge in [-0.3, -0.25) is 0 Å². The van der Waals surface area contributed by atoms with Crippen molar-refractivity contribution >= 4 is 0 Å². The molecule has 0 N–H and O–H groups in total. The molecule has 1 aliphatic heterocycles. The fourth-order valence-corrected chi connectivity index (χ4v) is 1.36. The summed E-state index contributed by atoms with van der Waals surface area (Å²) in [5, 5.41) is 4.38. The van der Waals surface area contributed by atoms with E-state index in [0.717, 1.165) is 24.9 Å². The average molecular weight is 126 g/mol. The minimum absolute atomic E-state index is 0.842. The van der Waals surface area contributed by atoms with E-state index in [-0.39, 0.29) is 0 Å². The molecule has 1 radical (unpaired) electrons. The maximum absolute atomic E-state index is 4.38. The van der Waals surface area contributed by atoms with Crippen molar-refractivity contribution < 1.29 is 0 Å². The topological polar surface area (TPSA) is 14.1 Å². The van der Waals surface area contributed by atoms with Crippen LogP contribution < -0.4 is 5.32 Å². The van der Waals surface area contributed by atoms with E-state index < -0.39 is 0 Å². The van der Waals surface area contributed by atoms with E-state index in [1.807, 2.05) is 0 Å². The van der Waals surface area contributed by atoms with Crippen molar-refractivity contribution in [2.45, 2.75) is 26.7 Å². The fraction of sp³-hybridized carbons (Fsp3) is 1.00. The molecule has 0 aliphatic carbocycles. The SMILES string of the molecule is CC(C)C1CCC[N]C1. The molecule has 0 saturated carbocycles. The Morgan fingerprint density at radius 1 is 1.44 bits per heavy atom. The van der Waals surface area contributed by atoms with Crippen LogP contribution in [0.25, 0.3) is 0 Å². The molecule has 1 saturated heterocycles. The summed E-state index contributed by atoms with van der Waals surface area (Å²) in [7, 11) is 0. The minimum atomic E-state index is 0.842. The van der Waals surface area contributed by atoms with Crippen molar-refractivity contribution in [3.05, 3.63) is 0 Å². The first kappa shape index (κ1) is 7.07. The summed E-state index contributed by atoms with van der Waals surface area (Å²) in [6.07, 6.45) is 2.73. The molecule has 0 aromatic carbocycles. The number of piperidine rings is 1. The Kier molecular flexibility index (Phi) is 2.52. The lowest BCUT2D eigenvalue weighted by molar-refractivity contribution is 0.293. The third-order valence-corrected chi connectivity index (χ3v) is 2.20. The van der Waals surface area contributed by atoms with Crippen LogP contribution in [-0.4, -0.2) is 13.1 Å². The number of nitrogens with zero attached hydrogens (tertiary/aromatic N) is 1. The number of hydrogen-bond acceptors (Lipinski definition) is 0. The van der Waals surface area contributed by atoms with Crippen molar-refractivity contribution in [1.82, 2.24) is 5.32 Å².